The number of thiophene rings is 1. The Hall–Kier alpha value is -1.88. The van der Waals surface area contributed by atoms with Crippen LogP contribution in [0.2, 0.25) is 0 Å². The van der Waals surface area contributed by atoms with E-state index in [0.29, 0.717) is 17.8 Å². The van der Waals surface area contributed by atoms with Crippen LogP contribution in [0.4, 0.5) is 10.1 Å². The molecule has 17 heavy (non-hydrogen) atoms. The highest BCUT2D eigenvalue weighted by atomic mass is 32.1. The van der Waals surface area contributed by atoms with Crippen molar-refractivity contribution in [2.75, 3.05) is 5.32 Å². The molecular formula is C12H11FN2OS. The molecule has 1 aromatic heterocycles. The highest BCUT2D eigenvalue weighted by Crippen LogP contribution is 2.17. The lowest BCUT2D eigenvalue weighted by atomic mass is 10.3. The smallest absolute Gasteiger partial charge is 0.249 e. The Kier molecular flexibility index (Phi) is 3.39. The first-order valence-electron chi connectivity index (χ1n) is 5.02. The van der Waals surface area contributed by atoms with E-state index in [0.717, 1.165) is 4.88 Å². The SMILES string of the molecule is NC(=O)c1csc(CNc2cccc(F)c2)c1. The molecule has 3 N–H and O–H groups in total. The molecule has 0 bridgehead atoms. The molecule has 0 spiro atoms. The number of carbonyl (C=O) groups is 1. The third-order valence-electron chi connectivity index (χ3n) is 2.23. The van der Waals surface area contributed by atoms with Gasteiger partial charge >= 0.3 is 0 Å². The Bertz CT molecular complexity index is 539. The maximum absolute atomic E-state index is 12.9. The molecule has 0 fully saturated rings. The summed E-state index contributed by atoms with van der Waals surface area (Å²) in [5, 5.41) is 4.79. The minimum absolute atomic E-state index is 0.279. The van der Waals surface area contributed by atoms with Crippen molar-refractivity contribution in [3.05, 3.63) is 52.0 Å². The second kappa shape index (κ2) is 4.97. The number of amides is 1. The monoisotopic (exact) mass is 250 g/mol. The van der Waals surface area contributed by atoms with Gasteiger partial charge in [-0.15, -0.1) is 11.3 Å². The van der Waals surface area contributed by atoms with E-state index < -0.39 is 5.91 Å². The highest BCUT2D eigenvalue weighted by molar-refractivity contribution is 7.10. The zero-order valence-corrected chi connectivity index (χ0v) is 9.76. The molecule has 0 aliphatic rings. The standard InChI is InChI=1S/C12H11FN2OS/c13-9-2-1-3-10(5-9)15-6-11-4-8(7-17-11)12(14)16/h1-5,7,15H,6H2,(H2,14,16). The molecule has 0 saturated carbocycles. The number of carbonyl (C=O) groups excluding carboxylic acids is 1. The van der Waals surface area contributed by atoms with Crippen molar-refractivity contribution in [1.29, 1.82) is 0 Å². The zero-order chi connectivity index (χ0) is 12.3. The Morgan fingerprint density at radius 3 is 2.88 bits per heavy atom. The van der Waals surface area contributed by atoms with Crippen LogP contribution in [0.1, 0.15) is 15.2 Å². The number of primary amides is 1. The lowest BCUT2D eigenvalue weighted by molar-refractivity contribution is 0.100. The van der Waals surface area contributed by atoms with Gasteiger partial charge in [-0.05, 0) is 24.3 Å². The molecule has 0 atom stereocenters. The van der Waals surface area contributed by atoms with Gasteiger partial charge in [0.1, 0.15) is 5.82 Å². The Balaban J connectivity index is 2.00. The van der Waals surface area contributed by atoms with Crippen LogP contribution in [0, 0.1) is 5.82 Å². The van der Waals surface area contributed by atoms with Crippen molar-refractivity contribution < 1.29 is 9.18 Å². The number of anilines is 1. The van der Waals surface area contributed by atoms with Crippen molar-refractivity contribution in [2.45, 2.75) is 6.54 Å². The maximum atomic E-state index is 12.9. The predicted molar refractivity (Wildman–Crippen MR) is 66.6 cm³/mol. The molecule has 5 heteroatoms. The lowest BCUT2D eigenvalue weighted by Gasteiger charge is -2.04. The molecule has 3 nitrogen and oxygen atoms in total. The molecule has 0 radical (unpaired) electrons. The Morgan fingerprint density at radius 2 is 2.24 bits per heavy atom. The molecule has 0 aliphatic carbocycles. The van der Waals surface area contributed by atoms with Gasteiger partial charge in [-0.2, -0.15) is 0 Å². The van der Waals surface area contributed by atoms with Crippen LogP contribution in [0.25, 0.3) is 0 Å². The molecule has 2 rings (SSSR count). The number of hydrogen-bond acceptors (Lipinski definition) is 3. The van der Waals surface area contributed by atoms with Crippen LogP contribution in [0.15, 0.2) is 35.7 Å². The van der Waals surface area contributed by atoms with Gasteiger partial charge in [0.05, 0.1) is 5.56 Å². The molecule has 1 heterocycles. The first-order chi connectivity index (χ1) is 8.15. The topological polar surface area (TPSA) is 55.1 Å². The quantitative estimate of drug-likeness (QED) is 0.876. The summed E-state index contributed by atoms with van der Waals surface area (Å²) in [7, 11) is 0. The number of rotatable bonds is 4. The van der Waals surface area contributed by atoms with Crippen molar-refractivity contribution in [3.8, 4) is 0 Å². The number of nitrogens with two attached hydrogens (primary N) is 1. The van der Waals surface area contributed by atoms with Gasteiger partial charge in [0.25, 0.3) is 0 Å². The molecular weight excluding hydrogens is 239 g/mol. The Labute approximate surface area is 102 Å². The fourth-order valence-corrected chi connectivity index (χ4v) is 2.20. The van der Waals surface area contributed by atoms with E-state index in [-0.39, 0.29) is 5.82 Å². The van der Waals surface area contributed by atoms with Gasteiger partial charge in [0, 0.05) is 22.5 Å². The minimum Gasteiger partial charge on any atom is -0.380 e. The van der Waals surface area contributed by atoms with E-state index in [1.54, 1.807) is 23.6 Å². The van der Waals surface area contributed by atoms with E-state index in [2.05, 4.69) is 5.32 Å². The van der Waals surface area contributed by atoms with Gasteiger partial charge in [0.15, 0.2) is 0 Å². The summed E-state index contributed by atoms with van der Waals surface area (Å²) in [5.41, 5.74) is 6.36. The van der Waals surface area contributed by atoms with E-state index in [1.165, 1.54) is 23.5 Å². The molecule has 0 saturated heterocycles. The highest BCUT2D eigenvalue weighted by Gasteiger charge is 2.04. The third kappa shape index (κ3) is 3.04. The van der Waals surface area contributed by atoms with E-state index >= 15 is 0 Å². The maximum Gasteiger partial charge on any atom is 0.249 e. The van der Waals surface area contributed by atoms with Crippen LogP contribution >= 0.6 is 11.3 Å². The normalized spacial score (nSPS) is 10.2. The average molecular weight is 250 g/mol. The van der Waals surface area contributed by atoms with Crippen LogP contribution in [0.5, 0.6) is 0 Å². The number of nitrogens with one attached hydrogen (secondary N) is 1. The molecule has 0 aliphatic heterocycles. The average Bonchev–Trinajstić information content (AvgIpc) is 2.75. The minimum atomic E-state index is -0.432. The Morgan fingerprint density at radius 1 is 1.41 bits per heavy atom. The first-order valence-corrected chi connectivity index (χ1v) is 5.90. The van der Waals surface area contributed by atoms with Gasteiger partial charge < -0.3 is 11.1 Å². The second-order valence-electron chi connectivity index (χ2n) is 3.53. The summed E-state index contributed by atoms with van der Waals surface area (Å²) in [4.78, 5) is 11.9. The summed E-state index contributed by atoms with van der Waals surface area (Å²) in [5.74, 6) is -0.711. The summed E-state index contributed by atoms with van der Waals surface area (Å²) >= 11 is 1.44. The fraction of sp³-hybridized carbons (Fsp3) is 0.0833. The van der Waals surface area contributed by atoms with Gasteiger partial charge in [-0.25, -0.2) is 4.39 Å². The van der Waals surface area contributed by atoms with Crippen molar-refractivity contribution in [1.82, 2.24) is 0 Å². The number of halogens is 1. The van der Waals surface area contributed by atoms with Crippen molar-refractivity contribution >= 4 is 22.9 Å². The van der Waals surface area contributed by atoms with E-state index in [1.807, 2.05) is 0 Å². The number of hydrogen-bond donors (Lipinski definition) is 2. The summed E-state index contributed by atoms with van der Waals surface area (Å²) in [6, 6.07) is 7.97. The summed E-state index contributed by atoms with van der Waals surface area (Å²) in [6.07, 6.45) is 0. The van der Waals surface area contributed by atoms with Crippen molar-refractivity contribution in [2.24, 2.45) is 5.73 Å². The molecule has 1 amide bonds. The van der Waals surface area contributed by atoms with Crippen molar-refractivity contribution in [3.63, 3.8) is 0 Å². The van der Waals surface area contributed by atoms with E-state index in [4.69, 9.17) is 5.73 Å². The zero-order valence-electron chi connectivity index (χ0n) is 8.94. The molecule has 0 unspecified atom stereocenters. The van der Waals surface area contributed by atoms with E-state index in [9.17, 15) is 9.18 Å². The largest absolute Gasteiger partial charge is 0.380 e. The lowest BCUT2D eigenvalue weighted by Crippen LogP contribution is -2.09. The number of benzene rings is 1. The second-order valence-corrected chi connectivity index (χ2v) is 4.53. The predicted octanol–water partition coefficient (Wildman–Crippen LogP) is 2.60. The first kappa shape index (κ1) is 11.6. The molecule has 2 aromatic rings. The molecule has 1 aromatic carbocycles. The van der Waals surface area contributed by atoms with Crippen LogP contribution in [-0.2, 0) is 6.54 Å². The van der Waals surface area contributed by atoms with Crippen LogP contribution in [0.3, 0.4) is 0 Å². The third-order valence-corrected chi connectivity index (χ3v) is 3.17. The van der Waals surface area contributed by atoms with Crippen LogP contribution < -0.4 is 11.1 Å². The van der Waals surface area contributed by atoms with Gasteiger partial charge in [-0.1, -0.05) is 6.07 Å². The van der Waals surface area contributed by atoms with Gasteiger partial charge in [0.2, 0.25) is 5.91 Å². The summed E-state index contributed by atoms with van der Waals surface area (Å²) < 4.78 is 12.9. The fourth-order valence-electron chi connectivity index (χ4n) is 1.39. The summed E-state index contributed by atoms with van der Waals surface area (Å²) in [6.45, 7) is 0.543. The van der Waals surface area contributed by atoms with Crippen LogP contribution in [-0.4, -0.2) is 5.91 Å². The molecule has 88 valence electrons. The van der Waals surface area contributed by atoms with Gasteiger partial charge in [-0.3, -0.25) is 4.79 Å².